The molecular weight excluding hydrogens is 279 g/mol. The average Bonchev–Trinajstić information content (AvgIpc) is 3.10. The van der Waals surface area contributed by atoms with E-state index < -0.39 is 15.8 Å². The van der Waals surface area contributed by atoms with Gasteiger partial charge in [0.25, 0.3) is 0 Å². The lowest BCUT2D eigenvalue weighted by atomic mass is 10.2. The molecule has 4 nitrogen and oxygen atoms in total. The Morgan fingerprint density at radius 1 is 1.10 bits per heavy atom. The molecule has 1 atom stereocenters. The zero-order valence-electron chi connectivity index (χ0n) is 11.3. The van der Waals surface area contributed by atoms with Gasteiger partial charge in [-0.3, -0.25) is 4.90 Å². The molecule has 0 N–H and O–H groups in total. The summed E-state index contributed by atoms with van der Waals surface area (Å²) in [5.41, 5.74) is 0. The lowest BCUT2D eigenvalue weighted by Crippen LogP contribution is -2.37. The zero-order chi connectivity index (χ0) is 14.2. The number of hydrogen-bond donors (Lipinski definition) is 0. The lowest BCUT2D eigenvalue weighted by Gasteiger charge is -2.23. The Labute approximate surface area is 119 Å². The Balaban J connectivity index is 1.78. The van der Waals surface area contributed by atoms with Gasteiger partial charge < -0.3 is 0 Å². The number of hydrogen-bond acceptors (Lipinski definition) is 3. The van der Waals surface area contributed by atoms with Crippen molar-refractivity contribution in [1.29, 1.82) is 0 Å². The predicted molar refractivity (Wildman–Crippen MR) is 74.4 cm³/mol. The molecule has 1 aromatic rings. The third kappa shape index (κ3) is 2.47. The topological polar surface area (TPSA) is 40.6 Å². The van der Waals surface area contributed by atoms with Crippen LogP contribution in [0.5, 0.6) is 0 Å². The van der Waals surface area contributed by atoms with Crippen molar-refractivity contribution < 1.29 is 12.8 Å². The molecule has 1 unspecified atom stereocenters. The summed E-state index contributed by atoms with van der Waals surface area (Å²) in [6, 6.07) is 5.89. The Kier molecular flexibility index (Phi) is 3.79. The van der Waals surface area contributed by atoms with E-state index in [-0.39, 0.29) is 4.90 Å². The third-order valence-corrected chi connectivity index (χ3v) is 6.14. The number of rotatable bonds is 3. The minimum absolute atomic E-state index is 0.206. The summed E-state index contributed by atoms with van der Waals surface area (Å²) in [6.07, 6.45) is 3.22. The molecule has 20 heavy (non-hydrogen) atoms. The van der Waals surface area contributed by atoms with Gasteiger partial charge >= 0.3 is 0 Å². The maximum Gasteiger partial charge on any atom is 0.246 e. The van der Waals surface area contributed by atoms with Crippen molar-refractivity contribution >= 4 is 10.0 Å². The van der Waals surface area contributed by atoms with E-state index in [2.05, 4.69) is 4.90 Å². The summed E-state index contributed by atoms with van der Waals surface area (Å²) in [7, 11) is -3.70. The smallest absolute Gasteiger partial charge is 0.246 e. The molecule has 0 radical (unpaired) electrons. The van der Waals surface area contributed by atoms with E-state index in [4.69, 9.17) is 0 Å². The lowest BCUT2D eigenvalue weighted by molar-refractivity contribution is 0.251. The fourth-order valence-corrected chi connectivity index (χ4v) is 4.68. The van der Waals surface area contributed by atoms with Crippen molar-refractivity contribution in [3.63, 3.8) is 0 Å². The highest BCUT2D eigenvalue weighted by Gasteiger charge is 2.36. The van der Waals surface area contributed by atoms with Gasteiger partial charge in [-0.05, 0) is 44.5 Å². The molecule has 0 amide bonds. The number of nitrogens with zero attached hydrogens (tertiary/aromatic N) is 2. The molecule has 1 aromatic carbocycles. The Hall–Kier alpha value is -0.980. The highest BCUT2D eigenvalue weighted by molar-refractivity contribution is 7.89. The van der Waals surface area contributed by atoms with Crippen LogP contribution < -0.4 is 0 Å². The van der Waals surface area contributed by atoms with Crippen molar-refractivity contribution in [2.75, 3.05) is 26.2 Å². The van der Waals surface area contributed by atoms with E-state index in [9.17, 15) is 12.8 Å². The van der Waals surface area contributed by atoms with E-state index in [1.165, 1.54) is 35.3 Å². The molecule has 0 aromatic heterocycles. The largest absolute Gasteiger partial charge is 0.299 e. The van der Waals surface area contributed by atoms with E-state index in [1.54, 1.807) is 6.07 Å². The Morgan fingerprint density at radius 2 is 1.80 bits per heavy atom. The second kappa shape index (κ2) is 5.42. The monoisotopic (exact) mass is 298 g/mol. The van der Waals surface area contributed by atoms with Gasteiger partial charge in [0.1, 0.15) is 10.7 Å². The summed E-state index contributed by atoms with van der Waals surface area (Å²) in [5.74, 6) is -0.669. The molecule has 110 valence electrons. The van der Waals surface area contributed by atoms with Crippen LogP contribution in [0, 0.1) is 5.82 Å². The van der Waals surface area contributed by atoms with Gasteiger partial charge in [-0.2, -0.15) is 4.31 Å². The molecule has 2 aliphatic heterocycles. The maximum atomic E-state index is 13.7. The van der Waals surface area contributed by atoms with Crippen LogP contribution in [-0.4, -0.2) is 49.8 Å². The van der Waals surface area contributed by atoms with Crippen LogP contribution in [0.3, 0.4) is 0 Å². The first-order chi connectivity index (χ1) is 9.59. The summed E-state index contributed by atoms with van der Waals surface area (Å²) < 4.78 is 40.1. The number of halogens is 1. The van der Waals surface area contributed by atoms with Crippen molar-refractivity contribution in [1.82, 2.24) is 9.21 Å². The Bertz CT molecular complexity index is 585. The van der Waals surface area contributed by atoms with Gasteiger partial charge in [0.05, 0.1) is 0 Å². The quantitative estimate of drug-likeness (QED) is 0.852. The first-order valence-corrected chi connectivity index (χ1v) is 8.52. The van der Waals surface area contributed by atoms with Crippen LogP contribution in [0.4, 0.5) is 4.39 Å². The maximum absolute atomic E-state index is 13.7. The summed E-state index contributed by atoms with van der Waals surface area (Å²) in [5, 5.41) is 0. The van der Waals surface area contributed by atoms with Gasteiger partial charge in [-0.1, -0.05) is 12.1 Å². The molecule has 2 fully saturated rings. The van der Waals surface area contributed by atoms with Crippen molar-refractivity contribution in [2.24, 2.45) is 0 Å². The van der Waals surface area contributed by atoms with E-state index in [0.717, 1.165) is 19.5 Å². The predicted octanol–water partition coefficient (Wildman–Crippen LogP) is 1.68. The van der Waals surface area contributed by atoms with Gasteiger partial charge in [-0.15, -0.1) is 0 Å². The zero-order valence-corrected chi connectivity index (χ0v) is 12.2. The van der Waals surface area contributed by atoms with E-state index in [0.29, 0.717) is 19.1 Å². The SMILES string of the molecule is O=S(=O)(c1ccccc1F)N1CCC(N2CCCC2)C1. The summed E-state index contributed by atoms with van der Waals surface area (Å²) in [6.45, 7) is 3.07. The first kappa shape index (κ1) is 14.0. The van der Waals surface area contributed by atoms with Crippen LogP contribution in [0.15, 0.2) is 29.2 Å². The average molecular weight is 298 g/mol. The van der Waals surface area contributed by atoms with Crippen LogP contribution in [0.25, 0.3) is 0 Å². The third-order valence-electron chi connectivity index (χ3n) is 4.24. The highest BCUT2D eigenvalue weighted by Crippen LogP contribution is 2.26. The number of benzene rings is 1. The van der Waals surface area contributed by atoms with Crippen LogP contribution in [-0.2, 0) is 10.0 Å². The van der Waals surface area contributed by atoms with Crippen LogP contribution in [0.2, 0.25) is 0 Å². The van der Waals surface area contributed by atoms with Crippen LogP contribution >= 0.6 is 0 Å². The molecule has 2 aliphatic rings. The molecule has 6 heteroatoms. The number of sulfonamides is 1. The fraction of sp³-hybridized carbons (Fsp3) is 0.571. The molecule has 2 heterocycles. The van der Waals surface area contributed by atoms with Crippen LogP contribution in [0.1, 0.15) is 19.3 Å². The minimum Gasteiger partial charge on any atom is -0.299 e. The van der Waals surface area contributed by atoms with Crippen molar-refractivity contribution in [3.05, 3.63) is 30.1 Å². The first-order valence-electron chi connectivity index (χ1n) is 7.08. The number of likely N-dealkylation sites (tertiary alicyclic amines) is 1. The molecule has 3 rings (SSSR count). The fourth-order valence-electron chi connectivity index (χ4n) is 3.13. The van der Waals surface area contributed by atoms with Crippen molar-refractivity contribution in [2.45, 2.75) is 30.2 Å². The molecule has 0 aliphatic carbocycles. The van der Waals surface area contributed by atoms with Gasteiger partial charge in [0.15, 0.2) is 0 Å². The second-order valence-corrected chi connectivity index (χ2v) is 7.39. The van der Waals surface area contributed by atoms with E-state index in [1.807, 2.05) is 0 Å². The van der Waals surface area contributed by atoms with Gasteiger partial charge in [0.2, 0.25) is 10.0 Å². The molecule has 0 spiro atoms. The van der Waals surface area contributed by atoms with E-state index >= 15 is 0 Å². The second-order valence-electron chi connectivity index (χ2n) is 5.48. The molecule has 0 saturated carbocycles. The molecule has 0 bridgehead atoms. The highest BCUT2D eigenvalue weighted by atomic mass is 32.2. The molecular formula is C14H19FN2O2S. The van der Waals surface area contributed by atoms with Crippen molar-refractivity contribution in [3.8, 4) is 0 Å². The minimum atomic E-state index is -3.70. The summed E-state index contributed by atoms with van der Waals surface area (Å²) in [4.78, 5) is 2.15. The Morgan fingerprint density at radius 3 is 2.50 bits per heavy atom. The van der Waals surface area contributed by atoms with Gasteiger partial charge in [-0.25, -0.2) is 12.8 Å². The molecule has 2 saturated heterocycles. The van der Waals surface area contributed by atoms with Gasteiger partial charge in [0, 0.05) is 19.1 Å². The summed E-state index contributed by atoms with van der Waals surface area (Å²) >= 11 is 0. The standard InChI is InChI=1S/C14H19FN2O2S/c15-13-5-1-2-6-14(13)20(18,19)17-10-7-12(11-17)16-8-3-4-9-16/h1-2,5-6,12H,3-4,7-11H2. The normalized spacial score (nSPS) is 25.4.